The van der Waals surface area contributed by atoms with Crippen molar-refractivity contribution in [3.63, 3.8) is 0 Å². The van der Waals surface area contributed by atoms with E-state index < -0.39 is 0 Å². The topological polar surface area (TPSA) is 50.8 Å². The zero-order valence-corrected chi connectivity index (χ0v) is 11.1. The molecule has 0 aliphatic heterocycles. The van der Waals surface area contributed by atoms with E-state index >= 15 is 0 Å². The Labute approximate surface area is 103 Å². The van der Waals surface area contributed by atoms with Crippen molar-refractivity contribution in [2.75, 3.05) is 40.5 Å². The molecule has 0 bridgehead atoms. The van der Waals surface area contributed by atoms with Gasteiger partial charge in [-0.25, -0.2) is 0 Å². The van der Waals surface area contributed by atoms with Crippen LogP contribution in [0, 0.1) is 0 Å². The number of carbonyl (C=O) groups is 1. The van der Waals surface area contributed by atoms with Crippen LogP contribution in [0.5, 0.6) is 0 Å². The molecule has 0 aromatic heterocycles. The predicted octanol–water partition coefficient (Wildman–Crippen LogP) is 0.248. The van der Waals surface area contributed by atoms with Crippen LogP contribution in [0.4, 0.5) is 0 Å². The van der Waals surface area contributed by atoms with Crippen molar-refractivity contribution in [3.05, 3.63) is 0 Å². The second-order valence-electron chi connectivity index (χ2n) is 4.31. The lowest BCUT2D eigenvalue weighted by molar-refractivity contribution is -0.146. The summed E-state index contributed by atoms with van der Waals surface area (Å²) >= 11 is 0. The van der Waals surface area contributed by atoms with Crippen molar-refractivity contribution in [3.8, 4) is 0 Å². The van der Waals surface area contributed by atoms with Crippen LogP contribution < -0.4 is 5.32 Å². The Morgan fingerprint density at radius 2 is 2.24 bits per heavy atom. The number of hydrogen-bond acceptors (Lipinski definition) is 5. The van der Waals surface area contributed by atoms with Gasteiger partial charge in [0.2, 0.25) is 0 Å². The number of rotatable bonds is 9. The van der Waals surface area contributed by atoms with Crippen molar-refractivity contribution >= 4 is 5.97 Å². The molecular formula is C12H24N2O3. The average Bonchev–Trinajstić information content (AvgIpc) is 3.14. The van der Waals surface area contributed by atoms with E-state index in [1.165, 1.54) is 12.8 Å². The van der Waals surface area contributed by atoms with Gasteiger partial charge in [-0.15, -0.1) is 0 Å². The zero-order chi connectivity index (χ0) is 12.7. The molecular weight excluding hydrogens is 220 g/mol. The SMILES string of the molecule is CCOC(=O)C(CN(CCOC)C1CC1)NC. The fraction of sp³-hybridized carbons (Fsp3) is 0.917. The summed E-state index contributed by atoms with van der Waals surface area (Å²) in [7, 11) is 3.50. The van der Waals surface area contributed by atoms with E-state index in [2.05, 4.69) is 10.2 Å². The highest BCUT2D eigenvalue weighted by Gasteiger charge is 2.32. The van der Waals surface area contributed by atoms with Gasteiger partial charge in [-0.05, 0) is 26.8 Å². The normalized spacial score (nSPS) is 17.2. The Hall–Kier alpha value is -0.650. The van der Waals surface area contributed by atoms with Gasteiger partial charge >= 0.3 is 5.97 Å². The molecule has 0 saturated heterocycles. The van der Waals surface area contributed by atoms with E-state index in [4.69, 9.17) is 9.47 Å². The number of nitrogens with one attached hydrogen (secondary N) is 1. The summed E-state index contributed by atoms with van der Waals surface area (Å²) in [5.74, 6) is -0.168. The van der Waals surface area contributed by atoms with Crippen LogP contribution in [-0.4, -0.2) is 63.4 Å². The number of hydrogen-bond donors (Lipinski definition) is 1. The van der Waals surface area contributed by atoms with Crippen LogP contribution in [0.2, 0.25) is 0 Å². The second-order valence-corrected chi connectivity index (χ2v) is 4.31. The largest absolute Gasteiger partial charge is 0.465 e. The Bertz CT molecular complexity index is 232. The van der Waals surface area contributed by atoms with Gasteiger partial charge in [0.25, 0.3) is 0 Å². The van der Waals surface area contributed by atoms with E-state index in [1.807, 2.05) is 6.92 Å². The molecule has 100 valence electrons. The van der Waals surface area contributed by atoms with E-state index in [-0.39, 0.29) is 12.0 Å². The molecule has 1 N–H and O–H groups in total. The molecule has 0 aromatic rings. The Morgan fingerprint density at radius 1 is 1.53 bits per heavy atom. The van der Waals surface area contributed by atoms with Gasteiger partial charge < -0.3 is 14.8 Å². The maximum Gasteiger partial charge on any atom is 0.324 e. The number of ether oxygens (including phenoxy) is 2. The highest BCUT2D eigenvalue weighted by molar-refractivity contribution is 5.76. The third kappa shape index (κ3) is 5.02. The van der Waals surface area contributed by atoms with Crippen LogP contribution in [0.3, 0.4) is 0 Å². The van der Waals surface area contributed by atoms with E-state index in [0.717, 1.165) is 6.54 Å². The van der Waals surface area contributed by atoms with E-state index in [0.29, 0.717) is 25.8 Å². The molecule has 0 heterocycles. The predicted molar refractivity (Wildman–Crippen MR) is 66.0 cm³/mol. The third-order valence-electron chi connectivity index (χ3n) is 2.98. The van der Waals surface area contributed by atoms with Gasteiger partial charge in [0.15, 0.2) is 0 Å². The first-order valence-corrected chi connectivity index (χ1v) is 6.29. The third-order valence-corrected chi connectivity index (χ3v) is 2.98. The first kappa shape index (κ1) is 14.4. The van der Waals surface area contributed by atoms with Crippen molar-refractivity contribution < 1.29 is 14.3 Å². The van der Waals surface area contributed by atoms with Crippen LogP contribution in [0.25, 0.3) is 0 Å². The molecule has 0 amide bonds. The Balaban J connectivity index is 2.41. The molecule has 5 nitrogen and oxygen atoms in total. The molecule has 0 radical (unpaired) electrons. The van der Waals surface area contributed by atoms with Gasteiger partial charge in [0, 0.05) is 26.2 Å². The molecule has 5 heteroatoms. The number of likely N-dealkylation sites (N-methyl/N-ethyl adjacent to an activating group) is 1. The fourth-order valence-corrected chi connectivity index (χ4v) is 1.83. The van der Waals surface area contributed by atoms with Crippen LogP contribution in [0.15, 0.2) is 0 Å². The van der Waals surface area contributed by atoms with Crippen molar-refractivity contribution in [2.24, 2.45) is 0 Å². The van der Waals surface area contributed by atoms with Crippen LogP contribution in [-0.2, 0) is 14.3 Å². The summed E-state index contributed by atoms with van der Waals surface area (Å²) in [6.07, 6.45) is 2.45. The fourth-order valence-electron chi connectivity index (χ4n) is 1.83. The molecule has 0 spiro atoms. The number of methoxy groups -OCH3 is 1. The zero-order valence-electron chi connectivity index (χ0n) is 11.1. The first-order chi connectivity index (χ1) is 8.22. The van der Waals surface area contributed by atoms with Gasteiger partial charge in [-0.3, -0.25) is 9.69 Å². The standard InChI is InChI=1S/C12H24N2O3/c1-4-17-12(15)11(13-2)9-14(7-8-16-3)10-5-6-10/h10-11,13H,4-9H2,1-3H3. The van der Waals surface area contributed by atoms with Gasteiger partial charge in [-0.1, -0.05) is 0 Å². The molecule has 17 heavy (non-hydrogen) atoms. The Morgan fingerprint density at radius 3 is 2.71 bits per heavy atom. The minimum absolute atomic E-state index is 0.168. The van der Waals surface area contributed by atoms with Crippen molar-refractivity contribution in [1.29, 1.82) is 0 Å². The van der Waals surface area contributed by atoms with E-state index in [9.17, 15) is 4.79 Å². The molecule has 1 aliphatic carbocycles. The van der Waals surface area contributed by atoms with Gasteiger partial charge in [-0.2, -0.15) is 0 Å². The maximum atomic E-state index is 11.7. The number of carbonyl (C=O) groups excluding carboxylic acids is 1. The number of nitrogens with zero attached hydrogens (tertiary/aromatic N) is 1. The summed E-state index contributed by atoms with van der Waals surface area (Å²) in [5, 5.41) is 3.02. The summed E-state index contributed by atoms with van der Waals surface area (Å²) in [6, 6.07) is 0.378. The molecule has 1 rings (SSSR count). The number of esters is 1. The lowest BCUT2D eigenvalue weighted by Crippen LogP contribution is -2.47. The minimum atomic E-state index is -0.243. The maximum absolute atomic E-state index is 11.7. The minimum Gasteiger partial charge on any atom is -0.465 e. The summed E-state index contributed by atoms with van der Waals surface area (Å²) in [5.41, 5.74) is 0. The smallest absolute Gasteiger partial charge is 0.324 e. The first-order valence-electron chi connectivity index (χ1n) is 6.29. The van der Waals surface area contributed by atoms with Crippen LogP contribution in [0.1, 0.15) is 19.8 Å². The van der Waals surface area contributed by atoms with Gasteiger partial charge in [0.1, 0.15) is 6.04 Å². The highest BCUT2D eigenvalue weighted by atomic mass is 16.5. The van der Waals surface area contributed by atoms with Crippen molar-refractivity contribution in [2.45, 2.75) is 31.8 Å². The Kier molecular flexibility index (Phi) is 6.47. The molecule has 0 aromatic carbocycles. The van der Waals surface area contributed by atoms with Crippen LogP contribution >= 0.6 is 0 Å². The lowest BCUT2D eigenvalue weighted by Gasteiger charge is -2.25. The van der Waals surface area contributed by atoms with Gasteiger partial charge in [0.05, 0.1) is 13.2 Å². The van der Waals surface area contributed by atoms with Crippen molar-refractivity contribution in [1.82, 2.24) is 10.2 Å². The second kappa shape index (κ2) is 7.63. The van der Waals surface area contributed by atoms with E-state index in [1.54, 1.807) is 14.2 Å². The highest BCUT2D eigenvalue weighted by Crippen LogP contribution is 2.26. The molecule has 1 unspecified atom stereocenters. The molecule has 1 aliphatic rings. The average molecular weight is 244 g/mol. The lowest BCUT2D eigenvalue weighted by atomic mass is 10.2. The molecule has 1 atom stereocenters. The molecule has 1 saturated carbocycles. The summed E-state index contributed by atoms with van der Waals surface area (Å²) in [6.45, 7) is 4.53. The monoisotopic (exact) mass is 244 g/mol. The molecule has 1 fully saturated rings. The quantitative estimate of drug-likeness (QED) is 0.589. The summed E-state index contributed by atoms with van der Waals surface area (Å²) < 4.78 is 10.1. The summed E-state index contributed by atoms with van der Waals surface area (Å²) in [4.78, 5) is 14.0.